The summed E-state index contributed by atoms with van der Waals surface area (Å²) < 4.78 is 41.1. The molecule has 11 heteroatoms. The van der Waals surface area contributed by atoms with Crippen LogP contribution in [0.2, 0.25) is 0 Å². The standard InChI is InChI=1S/C21H23F3N6O2/c1-3-8-30-19(31)16-18(29(4-2)20(30)32)28-17(27-16)14(10-25)12-26-11-13-6-5-7-15(9-13)21(22,23)24/h5-7,9-10,12H,3-4,8,11,25H2,1-2H3,(H,27,28). The van der Waals surface area contributed by atoms with Crippen LogP contribution < -0.4 is 17.0 Å². The van der Waals surface area contributed by atoms with Gasteiger partial charge < -0.3 is 10.7 Å². The zero-order valence-corrected chi connectivity index (χ0v) is 17.6. The normalized spacial score (nSPS) is 12.8. The molecule has 3 aromatic rings. The first-order chi connectivity index (χ1) is 15.2. The Morgan fingerprint density at radius 3 is 2.62 bits per heavy atom. The molecule has 8 nitrogen and oxygen atoms in total. The van der Waals surface area contributed by atoms with E-state index in [-0.39, 0.29) is 30.1 Å². The summed E-state index contributed by atoms with van der Waals surface area (Å²) in [5.41, 5.74) is 5.08. The number of nitrogens with two attached hydrogens (primary N) is 1. The van der Waals surface area contributed by atoms with Gasteiger partial charge in [0.05, 0.1) is 17.7 Å². The van der Waals surface area contributed by atoms with Crippen LogP contribution in [0, 0.1) is 0 Å². The van der Waals surface area contributed by atoms with Gasteiger partial charge in [0.15, 0.2) is 5.65 Å². The fourth-order valence-corrected chi connectivity index (χ4v) is 3.29. The molecular formula is C21H23F3N6O2. The van der Waals surface area contributed by atoms with Crippen LogP contribution in [0.3, 0.4) is 0 Å². The summed E-state index contributed by atoms with van der Waals surface area (Å²) in [5.74, 6) is 0.225. The summed E-state index contributed by atoms with van der Waals surface area (Å²) in [6.07, 6.45) is -1.25. The molecule has 3 rings (SSSR count). The second-order valence-electron chi connectivity index (χ2n) is 7.06. The van der Waals surface area contributed by atoms with E-state index >= 15 is 0 Å². The van der Waals surface area contributed by atoms with E-state index in [1.807, 2.05) is 6.92 Å². The van der Waals surface area contributed by atoms with Crippen molar-refractivity contribution in [1.29, 1.82) is 0 Å². The van der Waals surface area contributed by atoms with E-state index in [0.29, 0.717) is 24.1 Å². The molecule has 0 atom stereocenters. The van der Waals surface area contributed by atoms with Gasteiger partial charge in [-0.15, -0.1) is 0 Å². The first-order valence-electron chi connectivity index (χ1n) is 10.0. The zero-order valence-electron chi connectivity index (χ0n) is 17.6. The molecule has 0 bridgehead atoms. The predicted octanol–water partition coefficient (Wildman–Crippen LogP) is 2.91. The highest BCUT2D eigenvalue weighted by Crippen LogP contribution is 2.29. The van der Waals surface area contributed by atoms with Crippen LogP contribution in [-0.2, 0) is 25.8 Å². The molecule has 0 saturated heterocycles. The number of rotatable bonds is 7. The quantitative estimate of drug-likeness (QED) is 0.542. The third-order valence-electron chi connectivity index (χ3n) is 4.84. The summed E-state index contributed by atoms with van der Waals surface area (Å²) in [5, 5.41) is 0. The SMILES string of the molecule is CCCn1c(=O)c2[nH]c(C(C=NCc3cccc(C(F)(F)F)c3)=CN)nc2n(CC)c1=O. The average Bonchev–Trinajstić information content (AvgIpc) is 3.19. The number of hydrogen-bond donors (Lipinski definition) is 2. The van der Waals surface area contributed by atoms with E-state index in [0.717, 1.165) is 16.7 Å². The number of aryl methyl sites for hydroxylation is 1. The summed E-state index contributed by atoms with van der Waals surface area (Å²) in [4.78, 5) is 36.8. The molecule has 0 spiro atoms. The molecule has 0 radical (unpaired) electrons. The van der Waals surface area contributed by atoms with Crippen LogP contribution in [-0.4, -0.2) is 25.3 Å². The number of H-pyrrole nitrogens is 1. The minimum Gasteiger partial charge on any atom is -0.404 e. The smallest absolute Gasteiger partial charge is 0.404 e. The van der Waals surface area contributed by atoms with Crippen molar-refractivity contribution in [3.8, 4) is 0 Å². The molecule has 1 aromatic carbocycles. The maximum absolute atomic E-state index is 12.9. The van der Waals surface area contributed by atoms with Gasteiger partial charge in [0, 0.05) is 25.5 Å². The number of aromatic amines is 1. The molecule has 0 unspecified atom stereocenters. The van der Waals surface area contributed by atoms with E-state index < -0.39 is 23.0 Å². The number of nitrogens with one attached hydrogen (secondary N) is 1. The third-order valence-corrected chi connectivity index (χ3v) is 4.84. The van der Waals surface area contributed by atoms with Gasteiger partial charge >= 0.3 is 11.9 Å². The Hall–Kier alpha value is -3.63. The van der Waals surface area contributed by atoms with Crippen LogP contribution in [0.1, 0.15) is 37.2 Å². The van der Waals surface area contributed by atoms with Crippen molar-refractivity contribution in [2.45, 2.75) is 46.1 Å². The second kappa shape index (κ2) is 9.25. The molecule has 0 aliphatic carbocycles. The van der Waals surface area contributed by atoms with Gasteiger partial charge in [-0.05, 0) is 31.0 Å². The first-order valence-corrected chi connectivity index (χ1v) is 10.0. The van der Waals surface area contributed by atoms with E-state index in [2.05, 4.69) is 15.0 Å². The highest BCUT2D eigenvalue weighted by Gasteiger charge is 2.30. The van der Waals surface area contributed by atoms with Crippen molar-refractivity contribution in [1.82, 2.24) is 19.1 Å². The largest absolute Gasteiger partial charge is 0.416 e. The zero-order chi connectivity index (χ0) is 23.5. The van der Waals surface area contributed by atoms with Crippen LogP contribution in [0.5, 0.6) is 0 Å². The van der Waals surface area contributed by atoms with Gasteiger partial charge in [-0.25, -0.2) is 9.78 Å². The van der Waals surface area contributed by atoms with E-state index in [1.165, 1.54) is 29.1 Å². The predicted molar refractivity (Wildman–Crippen MR) is 116 cm³/mol. The van der Waals surface area contributed by atoms with E-state index in [1.54, 1.807) is 6.92 Å². The van der Waals surface area contributed by atoms with Crippen molar-refractivity contribution in [3.63, 3.8) is 0 Å². The molecular weight excluding hydrogens is 425 g/mol. The number of benzene rings is 1. The Morgan fingerprint density at radius 1 is 1.25 bits per heavy atom. The number of nitrogens with zero attached hydrogens (tertiary/aromatic N) is 4. The number of aliphatic imine (C=N–C) groups is 1. The lowest BCUT2D eigenvalue weighted by molar-refractivity contribution is -0.137. The Labute approximate surface area is 180 Å². The molecule has 2 heterocycles. The fourth-order valence-electron chi connectivity index (χ4n) is 3.29. The molecule has 2 aromatic heterocycles. The molecule has 0 aliphatic heterocycles. The highest BCUT2D eigenvalue weighted by atomic mass is 19.4. The van der Waals surface area contributed by atoms with Crippen LogP contribution in [0.4, 0.5) is 13.2 Å². The van der Waals surface area contributed by atoms with Crippen molar-refractivity contribution in [3.05, 3.63) is 68.3 Å². The maximum atomic E-state index is 12.9. The molecule has 3 N–H and O–H groups in total. The summed E-state index contributed by atoms with van der Waals surface area (Å²) in [7, 11) is 0. The molecule has 0 amide bonds. The summed E-state index contributed by atoms with van der Waals surface area (Å²) in [6, 6.07) is 4.87. The van der Waals surface area contributed by atoms with E-state index in [9.17, 15) is 22.8 Å². The monoisotopic (exact) mass is 448 g/mol. The van der Waals surface area contributed by atoms with Crippen LogP contribution in [0.25, 0.3) is 16.7 Å². The second-order valence-corrected chi connectivity index (χ2v) is 7.06. The number of alkyl halides is 3. The Morgan fingerprint density at radius 2 is 2.00 bits per heavy atom. The van der Waals surface area contributed by atoms with Crippen molar-refractivity contribution in [2.24, 2.45) is 10.7 Å². The number of halogens is 3. The summed E-state index contributed by atoms with van der Waals surface area (Å²) in [6.45, 7) is 4.21. The van der Waals surface area contributed by atoms with Crippen LogP contribution >= 0.6 is 0 Å². The molecule has 0 fully saturated rings. The first kappa shape index (κ1) is 23.0. The maximum Gasteiger partial charge on any atom is 0.416 e. The number of fused-ring (bicyclic) bond motifs is 1. The molecule has 0 saturated carbocycles. The lowest BCUT2D eigenvalue weighted by Gasteiger charge is -2.08. The van der Waals surface area contributed by atoms with Crippen molar-refractivity contribution in [2.75, 3.05) is 0 Å². The lowest BCUT2D eigenvalue weighted by atomic mass is 10.1. The topological polar surface area (TPSA) is 111 Å². The summed E-state index contributed by atoms with van der Waals surface area (Å²) >= 11 is 0. The fraction of sp³-hybridized carbons (Fsp3) is 0.333. The average molecular weight is 448 g/mol. The number of allylic oxidation sites excluding steroid dienone is 1. The number of imidazole rings is 1. The van der Waals surface area contributed by atoms with Crippen LogP contribution in [0.15, 0.2) is 45.0 Å². The number of hydrogen-bond acceptors (Lipinski definition) is 5. The minimum atomic E-state index is -4.43. The Balaban J connectivity index is 1.95. The van der Waals surface area contributed by atoms with Gasteiger partial charge in [-0.3, -0.25) is 18.9 Å². The molecule has 170 valence electrons. The lowest BCUT2D eigenvalue weighted by Crippen LogP contribution is -2.39. The minimum absolute atomic E-state index is 0.00946. The molecule has 32 heavy (non-hydrogen) atoms. The van der Waals surface area contributed by atoms with Gasteiger partial charge in [0.1, 0.15) is 11.3 Å². The van der Waals surface area contributed by atoms with Gasteiger partial charge in [-0.2, -0.15) is 13.2 Å². The van der Waals surface area contributed by atoms with Crippen molar-refractivity contribution >= 4 is 23.0 Å². The highest BCUT2D eigenvalue weighted by molar-refractivity contribution is 6.08. The van der Waals surface area contributed by atoms with Gasteiger partial charge in [0.25, 0.3) is 5.56 Å². The van der Waals surface area contributed by atoms with E-state index in [4.69, 9.17) is 5.73 Å². The van der Waals surface area contributed by atoms with Gasteiger partial charge in [0.2, 0.25) is 0 Å². The van der Waals surface area contributed by atoms with Gasteiger partial charge in [-0.1, -0.05) is 19.1 Å². The Bertz CT molecular complexity index is 1300. The van der Waals surface area contributed by atoms with Crippen molar-refractivity contribution < 1.29 is 13.2 Å². The Kier molecular flexibility index (Phi) is 6.66. The number of aromatic nitrogens is 4. The third kappa shape index (κ3) is 4.51. The molecule has 0 aliphatic rings.